The molecule has 0 spiro atoms. The van der Waals surface area contributed by atoms with Crippen LogP contribution < -0.4 is 0 Å². The molecular weight excluding hydrogens is 300 g/mol. The van der Waals surface area contributed by atoms with Gasteiger partial charge in [-0.05, 0) is 51.3 Å². The van der Waals surface area contributed by atoms with Crippen molar-refractivity contribution in [3.05, 3.63) is 41.3 Å². The number of aryl methyl sites for hydroxylation is 2. The lowest BCUT2D eigenvalue weighted by atomic mass is 9.99. The van der Waals surface area contributed by atoms with Gasteiger partial charge in [0.15, 0.2) is 0 Å². The maximum absolute atomic E-state index is 5.98. The van der Waals surface area contributed by atoms with Gasteiger partial charge in [0, 0.05) is 31.9 Å². The van der Waals surface area contributed by atoms with Crippen molar-refractivity contribution in [2.24, 2.45) is 0 Å². The van der Waals surface area contributed by atoms with E-state index in [1.165, 1.54) is 24.8 Å². The number of aromatic nitrogens is 1. The number of piperidine rings is 1. The molecule has 0 aliphatic carbocycles. The van der Waals surface area contributed by atoms with Gasteiger partial charge < -0.3 is 9.15 Å². The zero-order chi connectivity index (χ0) is 16.9. The molecule has 1 atom stereocenters. The summed E-state index contributed by atoms with van der Waals surface area (Å²) in [6.07, 6.45) is 4.94. The first-order chi connectivity index (χ1) is 11.7. The highest BCUT2D eigenvalue weighted by atomic mass is 16.5. The Morgan fingerprint density at radius 1 is 1.25 bits per heavy atom. The molecule has 0 amide bonds. The van der Waals surface area contributed by atoms with Crippen molar-refractivity contribution in [3.8, 4) is 11.5 Å². The molecule has 1 aromatic heterocycles. The molecule has 4 heteroatoms. The Morgan fingerprint density at radius 3 is 2.88 bits per heavy atom. The van der Waals surface area contributed by atoms with Gasteiger partial charge in [-0.2, -0.15) is 0 Å². The molecule has 1 aromatic carbocycles. The lowest BCUT2D eigenvalue weighted by Gasteiger charge is -2.35. The smallest absolute Gasteiger partial charge is 0.226 e. The molecule has 3 rings (SSSR count). The first kappa shape index (κ1) is 17.2. The van der Waals surface area contributed by atoms with E-state index in [1.54, 1.807) is 7.11 Å². The summed E-state index contributed by atoms with van der Waals surface area (Å²) in [7, 11) is 1.78. The van der Waals surface area contributed by atoms with Crippen molar-refractivity contribution in [3.63, 3.8) is 0 Å². The minimum absolute atomic E-state index is 0.594. The van der Waals surface area contributed by atoms with Crippen molar-refractivity contribution < 1.29 is 9.15 Å². The maximum Gasteiger partial charge on any atom is 0.226 e. The van der Waals surface area contributed by atoms with Crippen LogP contribution in [0.2, 0.25) is 0 Å². The Bertz CT molecular complexity index is 665. The van der Waals surface area contributed by atoms with Gasteiger partial charge in [0.1, 0.15) is 5.76 Å². The Hall–Kier alpha value is -1.65. The second kappa shape index (κ2) is 7.95. The van der Waals surface area contributed by atoms with Crippen molar-refractivity contribution >= 4 is 0 Å². The molecule has 0 radical (unpaired) electrons. The minimum Gasteiger partial charge on any atom is -0.441 e. The number of methoxy groups -OCH3 is 1. The summed E-state index contributed by atoms with van der Waals surface area (Å²) in [5, 5.41) is 0. The quantitative estimate of drug-likeness (QED) is 0.790. The van der Waals surface area contributed by atoms with Gasteiger partial charge in [-0.25, -0.2) is 4.98 Å². The van der Waals surface area contributed by atoms with Crippen LogP contribution >= 0.6 is 0 Å². The van der Waals surface area contributed by atoms with Crippen LogP contribution in [0.4, 0.5) is 0 Å². The van der Waals surface area contributed by atoms with E-state index < -0.39 is 0 Å². The first-order valence-electron chi connectivity index (χ1n) is 8.94. The van der Waals surface area contributed by atoms with Gasteiger partial charge in [-0.3, -0.25) is 4.90 Å². The number of ether oxygens (including phenoxy) is 1. The highest BCUT2D eigenvalue weighted by molar-refractivity contribution is 5.58. The van der Waals surface area contributed by atoms with E-state index in [-0.39, 0.29) is 0 Å². The number of hydrogen-bond acceptors (Lipinski definition) is 4. The van der Waals surface area contributed by atoms with Crippen molar-refractivity contribution in [2.45, 2.75) is 52.1 Å². The minimum atomic E-state index is 0.594. The second-order valence-electron chi connectivity index (χ2n) is 6.74. The molecule has 24 heavy (non-hydrogen) atoms. The standard InChI is InChI=1S/C20H28N2O2/c1-15-8-4-5-10-18(15)20-21-19(16(2)24-20)14-22-12-7-6-9-17(22)11-13-23-3/h4-5,8,10,17H,6-7,9,11-14H2,1-3H3/t17-/m1/s1. The summed E-state index contributed by atoms with van der Waals surface area (Å²) < 4.78 is 11.3. The van der Waals surface area contributed by atoms with E-state index in [4.69, 9.17) is 14.1 Å². The van der Waals surface area contributed by atoms with Crippen LogP contribution in [0.5, 0.6) is 0 Å². The average molecular weight is 328 g/mol. The topological polar surface area (TPSA) is 38.5 Å². The summed E-state index contributed by atoms with van der Waals surface area (Å²) in [6.45, 7) is 6.96. The summed E-state index contributed by atoms with van der Waals surface area (Å²) in [4.78, 5) is 7.36. The van der Waals surface area contributed by atoms with Crippen LogP contribution in [-0.2, 0) is 11.3 Å². The lowest BCUT2D eigenvalue weighted by Crippen LogP contribution is -2.39. The lowest BCUT2D eigenvalue weighted by molar-refractivity contribution is 0.0961. The maximum atomic E-state index is 5.98. The van der Waals surface area contributed by atoms with Gasteiger partial charge in [0.2, 0.25) is 5.89 Å². The molecule has 0 N–H and O–H groups in total. The molecule has 0 saturated carbocycles. The number of nitrogens with zero attached hydrogens (tertiary/aromatic N) is 2. The largest absolute Gasteiger partial charge is 0.441 e. The summed E-state index contributed by atoms with van der Waals surface area (Å²) in [5.74, 6) is 1.68. The number of oxazole rings is 1. The average Bonchev–Trinajstić information content (AvgIpc) is 2.95. The third-order valence-corrected chi connectivity index (χ3v) is 5.03. The fourth-order valence-corrected chi connectivity index (χ4v) is 3.54. The molecule has 1 fully saturated rings. The second-order valence-corrected chi connectivity index (χ2v) is 6.74. The van der Waals surface area contributed by atoms with Gasteiger partial charge >= 0.3 is 0 Å². The Labute approximate surface area is 144 Å². The zero-order valence-corrected chi connectivity index (χ0v) is 15.0. The number of likely N-dealkylation sites (tertiary alicyclic amines) is 1. The van der Waals surface area contributed by atoms with Gasteiger partial charge in [0.05, 0.1) is 5.69 Å². The van der Waals surface area contributed by atoms with Crippen LogP contribution in [0.3, 0.4) is 0 Å². The first-order valence-corrected chi connectivity index (χ1v) is 8.94. The van der Waals surface area contributed by atoms with Crippen LogP contribution in [0.15, 0.2) is 28.7 Å². The predicted molar refractivity (Wildman–Crippen MR) is 96.0 cm³/mol. The third kappa shape index (κ3) is 3.87. The molecule has 1 aliphatic rings. The molecule has 2 aromatic rings. The van der Waals surface area contributed by atoms with E-state index in [0.29, 0.717) is 6.04 Å². The number of rotatable bonds is 6. The summed E-state index contributed by atoms with van der Waals surface area (Å²) in [5.41, 5.74) is 3.35. The van der Waals surface area contributed by atoms with E-state index in [0.717, 1.165) is 49.0 Å². The van der Waals surface area contributed by atoms with Gasteiger partial charge in [-0.1, -0.05) is 24.6 Å². The molecule has 1 aliphatic heterocycles. The van der Waals surface area contributed by atoms with Gasteiger partial charge in [0.25, 0.3) is 0 Å². The third-order valence-electron chi connectivity index (χ3n) is 5.03. The van der Waals surface area contributed by atoms with Crippen molar-refractivity contribution in [1.29, 1.82) is 0 Å². The van der Waals surface area contributed by atoms with Crippen LogP contribution in [0.25, 0.3) is 11.5 Å². The van der Waals surface area contributed by atoms with Crippen LogP contribution in [0, 0.1) is 13.8 Å². The molecule has 4 nitrogen and oxygen atoms in total. The Morgan fingerprint density at radius 2 is 2.08 bits per heavy atom. The SMILES string of the molecule is COCC[C@H]1CCCCN1Cc1nc(-c2ccccc2C)oc1C. The van der Waals surface area contributed by atoms with Crippen molar-refractivity contribution in [1.82, 2.24) is 9.88 Å². The molecular formula is C20H28N2O2. The predicted octanol–water partition coefficient (Wildman–Crippen LogP) is 4.35. The molecule has 0 bridgehead atoms. The number of benzene rings is 1. The Balaban J connectivity index is 1.76. The fraction of sp³-hybridized carbons (Fsp3) is 0.550. The highest BCUT2D eigenvalue weighted by Gasteiger charge is 2.24. The van der Waals surface area contributed by atoms with E-state index in [1.807, 2.05) is 19.1 Å². The van der Waals surface area contributed by atoms with Gasteiger partial charge in [-0.15, -0.1) is 0 Å². The van der Waals surface area contributed by atoms with E-state index in [2.05, 4.69) is 24.0 Å². The van der Waals surface area contributed by atoms with Crippen molar-refractivity contribution in [2.75, 3.05) is 20.3 Å². The molecule has 2 heterocycles. The fourth-order valence-electron chi connectivity index (χ4n) is 3.54. The highest BCUT2D eigenvalue weighted by Crippen LogP contribution is 2.27. The van der Waals surface area contributed by atoms with Crippen LogP contribution in [0.1, 0.15) is 42.7 Å². The normalized spacial score (nSPS) is 18.9. The monoisotopic (exact) mass is 328 g/mol. The summed E-state index contributed by atoms with van der Waals surface area (Å²) >= 11 is 0. The molecule has 0 unspecified atom stereocenters. The van der Waals surface area contributed by atoms with E-state index in [9.17, 15) is 0 Å². The zero-order valence-electron chi connectivity index (χ0n) is 15.0. The van der Waals surface area contributed by atoms with Crippen LogP contribution in [-0.4, -0.2) is 36.2 Å². The Kier molecular flexibility index (Phi) is 5.69. The number of hydrogen-bond donors (Lipinski definition) is 0. The molecule has 130 valence electrons. The summed E-state index contributed by atoms with van der Waals surface area (Å²) in [6, 6.07) is 8.85. The van der Waals surface area contributed by atoms with E-state index >= 15 is 0 Å². The molecule has 1 saturated heterocycles.